The number of halogens is 3. The van der Waals surface area contributed by atoms with Crippen molar-refractivity contribution in [2.24, 2.45) is 0 Å². The molecule has 0 aliphatic carbocycles. The molecular formula is C18H18ClF2N3OS. The molecule has 2 aromatic rings. The molecule has 1 saturated heterocycles. The van der Waals surface area contributed by atoms with Crippen molar-refractivity contribution >= 4 is 40.3 Å². The van der Waals surface area contributed by atoms with Crippen LogP contribution in [0.25, 0.3) is 0 Å². The van der Waals surface area contributed by atoms with Crippen LogP contribution in [0.1, 0.15) is 0 Å². The molecular weight excluding hydrogens is 380 g/mol. The average Bonchev–Trinajstić information content (AvgIpc) is 2.63. The monoisotopic (exact) mass is 397 g/mol. The van der Waals surface area contributed by atoms with E-state index < -0.39 is 6.61 Å². The highest BCUT2D eigenvalue weighted by molar-refractivity contribution is 7.80. The van der Waals surface area contributed by atoms with E-state index in [9.17, 15) is 8.78 Å². The van der Waals surface area contributed by atoms with Gasteiger partial charge in [-0.15, -0.1) is 0 Å². The van der Waals surface area contributed by atoms with E-state index in [-0.39, 0.29) is 5.75 Å². The van der Waals surface area contributed by atoms with Crippen LogP contribution < -0.4 is 15.0 Å². The van der Waals surface area contributed by atoms with E-state index in [1.165, 1.54) is 12.1 Å². The maximum Gasteiger partial charge on any atom is 0.387 e. The summed E-state index contributed by atoms with van der Waals surface area (Å²) >= 11 is 11.7. The second-order valence-electron chi connectivity index (χ2n) is 5.76. The van der Waals surface area contributed by atoms with Crippen LogP contribution in [0.15, 0.2) is 48.5 Å². The molecule has 3 rings (SSSR count). The Bertz CT molecular complexity index is 752. The number of rotatable bonds is 4. The van der Waals surface area contributed by atoms with E-state index in [2.05, 4.69) is 19.9 Å². The summed E-state index contributed by atoms with van der Waals surface area (Å²) in [5, 5.41) is 4.47. The van der Waals surface area contributed by atoms with Crippen LogP contribution in [-0.4, -0.2) is 42.8 Å². The van der Waals surface area contributed by atoms with Crippen molar-refractivity contribution in [1.82, 2.24) is 4.90 Å². The molecule has 1 heterocycles. The third-order valence-corrected chi connectivity index (χ3v) is 4.77. The van der Waals surface area contributed by atoms with Gasteiger partial charge in [0.25, 0.3) is 0 Å². The molecule has 26 heavy (non-hydrogen) atoms. The average molecular weight is 398 g/mol. The van der Waals surface area contributed by atoms with Crippen LogP contribution in [0.4, 0.5) is 20.2 Å². The van der Waals surface area contributed by atoms with Gasteiger partial charge in [-0.3, -0.25) is 0 Å². The van der Waals surface area contributed by atoms with Crippen molar-refractivity contribution in [3.63, 3.8) is 0 Å². The summed E-state index contributed by atoms with van der Waals surface area (Å²) in [6, 6.07) is 14.1. The highest BCUT2D eigenvalue weighted by Crippen LogP contribution is 2.26. The molecule has 1 N–H and O–H groups in total. The van der Waals surface area contributed by atoms with Crippen molar-refractivity contribution in [1.29, 1.82) is 0 Å². The number of piperazine rings is 1. The molecule has 0 radical (unpaired) electrons. The third kappa shape index (κ3) is 4.74. The maximum absolute atomic E-state index is 12.2. The highest BCUT2D eigenvalue weighted by atomic mass is 35.5. The Kier molecular flexibility index (Phi) is 6.11. The minimum Gasteiger partial charge on any atom is -0.435 e. The fourth-order valence-corrected chi connectivity index (χ4v) is 3.34. The zero-order chi connectivity index (χ0) is 18.5. The number of benzene rings is 2. The number of thiocarbonyl (C=S) groups is 1. The second kappa shape index (κ2) is 8.51. The number of hydrogen-bond acceptors (Lipinski definition) is 3. The SMILES string of the molecule is FC(F)Oc1ccc(NC(=S)N2CCN(c3ccccc3Cl)CC2)cc1. The molecule has 8 heteroatoms. The minimum atomic E-state index is -2.83. The van der Waals surface area contributed by atoms with Crippen LogP contribution in [-0.2, 0) is 0 Å². The summed E-state index contributed by atoms with van der Waals surface area (Å²) in [5.41, 5.74) is 1.76. The maximum atomic E-state index is 12.2. The van der Waals surface area contributed by atoms with Gasteiger partial charge in [-0.05, 0) is 48.6 Å². The van der Waals surface area contributed by atoms with E-state index >= 15 is 0 Å². The first kappa shape index (κ1) is 18.7. The van der Waals surface area contributed by atoms with Crippen LogP contribution in [0.2, 0.25) is 5.02 Å². The van der Waals surface area contributed by atoms with Gasteiger partial charge in [-0.25, -0.2) is 0 Å². The Hall–Kier alpha value is -2.12. The van der Waals surface area contributed by atoms with Crippen LogP contribution in [0.5, 0.6) is 5.75 Å². The second-order valence-corrected chi connectivity index (χ2v) is 6.55. The Morgan fingerprint density at radius 3 is 2.31 bits per heavy atom. The predicted octanol–water partition coefficient (Wildman–Crippen LogP) is 4.46. The summed E-state index contributed by atoms with van der Waals surface area (Å²) < 4.78 is 28.7. The molecule has 0 atom stereocenters. The van der Waals surface area contributed by atoms with Crippen molar-refractivity contribution < 1.29 is 13.5 Å². The summed E-state index contributed by atoms with van der Waals surface area (Å²) in [6.07, 6.45) is 0. The first-order valence-corrected chi connectivity index (χ1v) is 8.92. The van der Waals surface area contributed by atoms with E-state index in [4.69, 9.17) is 23.8 Å². The van der Waals surface area contributed by atoms with E-state index in [0.717, 1.165) is 42.6 Å². The van der Waals surface area contributed by atoms with Crippen molar-refractivity contribution in [3.8, 4) is 5.75 Å². The lowest BCUT2D eigenvalue weighted by Gasteiger charge is -2.37. The standard InChI is InChI=1S/C18H18ClF2N3OS/c19-15-3-1-2-4-16(15)23-9-11-24(12-10-23)18(26)22-13-5-7-14(8-6-13)25-17(20)21/h1-8,17H,9-12H2,(H,22,26). The number of ether oxygens (including phenoxy) is 1. The summed E-state index contributed by atoms with van der Waals surface area (Å²) in [5.74, 6) is 0.116. The molecule has 2 aromatic carbocycles. The summed E-state index contributed by atoms with van der Waals surface area (Å²) in [6.45, 7) is 0.330. The Morgan fingerprint density at radius 2 is 1.69 bits per heavy atom. The van der Waals surface area contributed by atoms with Crippen molar-refractivity contribution in [2.45, 2.75) is 6.61 Å². The molecule has 0 saturated carbocycles. The highest BCUT2D eigenvalue weighted by Gasteiger charge is 2.20. The van der Waals surface area contributed by atoms with Gasteiger partial charge in [0.05, 0.1) is 10.7 Å². The van der Waals surface area contributed by atoms with E-state index in [1.807, 2.05) is 24.3 Å². The van der Waals surface area contributed by atoms with Gasteiger partial charge in [0.1, 0.15) is 5.75 Å². The van der Waals surface area contributed by atoms with E-state index in [0.29, 0.717) is 5.11 Å². The number of alkyl halides is 2. The normalized spacial score (nSPS) is 14.5. The molecule has 1 fully saturated rings. The lowest BCUT2D eigenvalue weighted by molar-refractivity contribution is -0.0498. The van der Waals surface area contributed by atoms with Crippen LogP contribution in [0, 0.1) is 0 Å². The van der Waals surface area contributed by atoms with Gasteiger partial charge < -0.3 is 19.9 Å². The molecule has 0 aromatic heterocycles. The molecule has 0 unspecified atom stereocenters. The zero-order valence-corrected chi connectivity index (χ0v) is 15.4. The van der Waals surface area contributed by atoms with Gasteiger partial charge in [0, 0.05) is 31.9 Å². The number of nitrogens with zero attached hydrogens (tertiary/aromatic N) is 2. The van der Waals surface area contributed by atoms with Crippen molar-refractivity contribution in [3.05, 3.63) is 53.6 Å². The minimum absolute atomic E-state index is 0.116. The fraction of sp³-hybridized carbons (Fsp3) is 0.278. The van der Waals surface area contributed by atoms with Gasteiger partial charge in [0.15, 0.2) is 5.11 Å². The zero-order valence-electron chi connectivity index (χ0n) is 13.9. The van der Waals surface area contributed by atoms with Crippen LogP contribution >= 0.6 is 23.8 Å². The van der Waals surface area contributed by atoms with Gasteiger partial charge in [-0.2, -0.15) is 8.78 Å². The Labute approximate surface area is 161 Å². The molecule has 138 valence electrons. The first-order valence-electron chi connectivity index (χ1n) is 8.13. The van der Waals surface area contributed by atoms with Gasteiger partial charge in [-0.1, -0.05) is 23.7 Å². The number of anilines is 2. The molecule has 1 aliphatic heterocycles. The largest absolute Gasteiger partial charge is 0.435 e. The number of hydrogen-bond donors (Lipinski definition) is 1. The van der Waals surface area contributed by atoms with Crippen LogP contribution in [0.3, 0.4) is 0 Å². The topological polar surface area (TPSA) is 27.7 Å². The lowest BCUT2D eigenvalue weighted by Crippen LogP contribution is -2.50. The van der Waals surface area contributed by atoms with E-state index in [1.54, 1.807) is 12.1 Å². The first-order chi connectivity index (χ1) is 12.5. The molecule has 0 bridgehead atoms. The molecule has 0 spiro atoms. The number of nitrogens with one attached hydrogen (secondary N) is 1. The molecule has 0 amide bonds. The number of para-hydroxylation sites is 1. The van der Waals surface area contributed by atoms with Crippen molar-refractivity contribution in [2.75, 3.05) is 36.4 Å². The molecule has 1 aliphatic rings. The molecule has 4 nitrogen and oxygen atoms in total. The van der Waals surface area contributed by atoms with Gasteiger partial charge in [0.2, 0.25) is 0 Å². The quantitative estimate of drug-likeness (QED) is 0.769. The Morgan fingerprint density at radius 1 is 1.04 bits per heavy atom. The smallest absolute Gasteiger partial charge is 0.387 e. The fourth-order valence-electron chi connectivity index (χ4n) is 2.78. The third-order valence-electron chi connectivity index (χ3n) is 4.09. The Balaban J connectivity index is 1.53. The predicted molar refractivity (Wildman–Crippen MR) is 105 cm³/mol. The van der Waals surface area contributed by atoms with Gasteiger partial charge >= 0.3 is 6.61 Å². The summed E-state index contributed by atoms with van der Waals surface area (Å²) in [7, 11) is 0. The lowest BCUT2D eigenvalue weighted by atomic mass is 10.2. The summed E-state index contributed by atoms with van der Waals surface area (Å²) in [4.78, 5) is 4.31.